The van der Waals surface area contributed by atoms with Gasteiger partial charge in [0, 0.05) is 13.2 Å². The summed E-state index contributed by atoms with van der Waals surface area (Å²) in [5, 5.41) is 2.79. The zero-order valence-electron chi connectivity index (χ0n) is 9.59. The quantitative estimate of drug-likeness (QED) is 0.757. The maximum atomic E-state index is 13.1. The average molecular weight is 229 g/mol. The number of halogens is 2. The molecule has 0 aliphatic rings. The molecule has 0 amide bonds. The minimum absolute atomic E-state index is 0.174. The maximum absolute atomic E-state index is 13.1. The van der Waals surface area contributed by atoms with Gasteiger partial charge in [-0.1, -0.05) is 13.8 Å². The van der Waals surface area contributed by atoms with Gasteiger partial charge in [0.25, 0.3) is 0 Å². The predicted octanol–water partition coefficient (Wildman–Crippen LogP) is 3.05. The van der Waals surface area contributed by atoms with Crippen LogP contribution in [0.15, 0.2) is 18.2 Å². The van der Waals surface area contributed by atoms with Crippen molar-refractivity contribution in [1.29, 1.82) is 0 Å². The molecule has 2 nitrogen and oxygen atoms in total. The van der Waals surface area contributed by atoms with Gasteiger partial charge in [0.1, 0.15) is 11.6 Å². The van der Waals surface area contributed by atoms with Gasteiger partial charge in [-0.3, -0.25) is 0 Å². The van der Waals surface area contributed by atoms with E-state index in [4.69, 9.17) is 4.74 Å². The molecule has 0 bridgehead atoms. The molecule has 16 heavy (non-hydrogen) atoms. The first-order valence-corrected chi connectivity index (χ1v) is 5.36. The lowest BCUT2D eigenvalue weighted by atomic mass is 10.2. The van der Waals surface area contributed by atoms with Crippen molar-refractivity contribution in [1.82, 2.24) is 0 Å². The molecule has 0 saturated carbocycles. The van der Waals surface area contributed by atoms with E-state index < -0.39 is 11.6 Å². The van der Waals surface area contributed by atoms with Gasteiger partial charge in [-0.25, -0.2) is 8.78 Å². The van der Waals surface area contributed by atoms with Gasteiger partial charge in [-0.15, -0.1) is 0 Å². The summed E-state index contributed by atoms with van der Waals surface area (Å²) in [6.45, 7) is 5.73. The topological polar surface area (TPSA) is 21.3 Å². The molecule has 0 radical (unpaired) electrons. The van der Waals surface area contributed by atoms with Crippen LogP contribution in [0.5, 0.6) is 0 Å². The van der Waals surface area contributed by atoms with Crippen molar-refractivity contribution < 1.29 is 13.5 Å². The average Bonchev–Trinajstić information content (AvgIpc) is 2.22. The van der Waals surface area contributed by atoms with E-state index in [2.05, 4.69) is 19.2 Å². The summed E-state index contributed by atoms with van der Waals surface area (Å²) in [6, 6.07) is 3.33. The van der Waals surface area contributed by atoms with Crippen LogP contribution in [0.4, 0.5) is 14.5 Å². The highest BCUT2D eigenvalue weighted by atomic mass is 19.1. The van der Waals surface area contributed by atoms with E-state index in [1.54, 1.807) is 0 Å². The van der Waals surface area contributed by atoms with Crippen LogP contribution in [0.25, 0.3) is 0 Å². The molecule has 0 aromatic heterocycles. The van der Waals surface area contributed by atoms with Crippen LogP contribution in [0, 0.1) is 17.6 Å². The van der Waals surface area contributed by atoms with E-state index in [-0.39, 0.29) is 5.69 Å². The molecule has 0 saturated heterocycles. The van der Waals surface area contributed by atoms with Gasteiger partial charge in [-0.05, 0) is 24.1 Å². The lowest BCUT2D eigenvalue weighted by Crippen LogP contribution is -2.12. The summed E-state index contributed by atoms with van der Waals surface area (Å²) in [7, 11) is 0. The third-order valence-electron chi connectivity index (χ3n) is 1.94. The summed E-state index contributed by atoms with van der Waals surface area (Å²) < 4.78 is 31.2. The summed E-state index contributed by atoms with van der Waals surface area (Å²) in [5.74, 6) is -0.428. The fourth-order valence-corrected chi connectivity index (χ4v) is 1.21. The van der Waals surface area contributed by atoms with Crippen molar-refractivity contribution >= 4 is 5.69 Å². The summed E-state index contributed by atoms with van der Waals surface area (Å²) in [6.07, 6.45) is 0. The molecule has 1 aromatic rings. The van der Waals surface area contributed by atoms with Gasteiger partial charge in [0.15, 0.2) is 0 Å². The highest BCUT2D eigenvalue weighted by Gasteiger charge is 2.02. The molecule has 0 atom stereocenters. The Labute approximate surface area is 94.6 Å². The third kappa shape index (κ3) is 4.57. The molecule has 1 aromatic carbocycles. The number of rotatable bonds is 6. The van der Waals surface area contributed by atoms with E-state index in [0.29, 0.717) is 25.7 Å². The van der Waals surface area contributed by atoms with Crippen LogP contribution in [-0.4, -0.2) is 19.8 Å². The van der Waals surface area contributed by atoms with Gasteiger partial charge in [0.2, 0.25) is 0 Å². The van der Waals surface area contributed by atoms with Crippen molar-refractivity contribution in [3.63, 3.8) is 0 Å². The highest BCUT2D eigenvalue weighted by molar-refractivity contribution is 5.44. The maximum Gasteiger partial charge on any atom is 0.146 e. The lowest BCUT2D eigenvalue weighted by Gasteiger charge is -2.09. The number of anilines is 1. The second-order valence-electron chi connectivity index (χ2n) is 4.02. The fourth-order valence-electron chi connectivity index (χ4n) is 1.21. The van der Waals surface area contributed by atoms with Crippen molar-refractivity contribution in [2.24, 2.45) is 5.92 Å². The number of hydrogen-bond donors (Lipinski definition) is 1. The van der Waals surface area contributed by atoms with E-state index in [0.717, 1.165) is 18.2 Å². The van der Waals surface area contributed by atoms with E-state index in [9.17, 15) is 8.78 Å². The second-order valence-corrected chi connectivity index (χ2v) is 4.02. The monoisotopic (exact) mass is 229 g/mol. The number of benzene rings is 1. The van der Waals surface area contributed by atoms with Crippen LogP contribution in [0.1, 0.15) is 13.8 Å². The molecular formula is C12H17F2NO. The molecule has 0 aliphatic carbocycles. The van der Waals surface area contributed by atoms with Crippen molar-refractivity contribution in [3.05, 3.63) is 29.8 Å². The Balaban J connectivity index is 2.29. The zero-order valence-corrected chi connectivity index (χ0v) is 9.59. The molecule has 1 N–H and O–H groups in total. The molecule has 4 heteroatoms. The number of ether oxygens (including phenoxy) is 1. The van der Waals surface area contributed by atoms with Crippen LogP contribution < -0.4 is 5.32 Å². The Morgan fingerprint density at radius 1 is 1.31 bits per heavy atom. The smallest absolute Gasteiger partial charge is 0.146 e. The summed E-state index contributed by atoms with van der Waals surface area (Å²) in [5.41, 5.74) is 0.174. The Kier molecular flexibility index (Phi) is 5.19. The molecule has 0 fully saturated rings. The number of nitrogens with one attached hydrogen (secondary N) is 1. The minimum Gasteiger partial charge on any atom is -0.380 e. The molecule has 0 spiro atoms. The molecule has 0 heterocycles. The second kappa shape index (κ2) is 6.43. The van der Waals surface area contributed by atoms with Gasteiger partial charge < -0.3 is 10.1 Å². The summed E-state index contributed by atoms with van der Waals surface area (Å²) in [4.78, 5) is 0. The Hall–Kier alpha value is -1.16. The van der Waals surface area contributed by atoms with E-state index in [1.807, 2.05) is 0 Å². The largest absolute Gasteiger partial charge is 0.380 e. The van der Waals surface area contributed by atoms with Crippen LogP contribution in [-0.2, 0) is 4.74 Å². The van der Waals surface area contributed by atoms with E-state index >= 15 is 0 Å². The molecule has 0 aliphatic heterocycles. The Morgan fingerprint density at radius 2 is 2.06 bits per heavy atom. The molecule has 1 rings (SSSR count). The standard InChI is InChI=1S/C12H17F2NO/c1-9(2)8-16-6-5-15-12-7-10(13)3-4-11(12)14/h3-4,7,9,15H,5-6,8H2,1-2H3. The third-order valence-corrected chi connectivity index (χ3v) is 1.94. The van der Waals surface area contributed by atoms with Crippen LogP contribution in [0.2, 0.25) is 0 Å². The lowest BCUT2D eigenvalue weighted by molar-refractivity contribution is 0.118. The SMILES string of the molecule is CC(C)COCCNc1cc(F)ccc1F. The first-order chi connectivity index (χ1) is 7.59. The van der Waals surface area contributed by atoms with Crippen LogP contribution >= 0.6 is 0 Å². The first-order valence-electron chi connectivity index (χ1n) is 5.36. The molecular weight excluding hydrogens is 212 g/mol. The molecule has 90 valence electrons. The Morgan fingerprint density at radius 3 is 2.75 bits per heavy atom. The first kappa shape index (κ1) is 12.9. The van der Waals surface area contributed by atoms with Gasteiger partial charge >= 0.3 is 0 Å². The van der Waals surface area contributed by atoms with Crippen LogP contribution in [0.3, 0.4) is 0 Å². The minimum atomic E-state index is -0.453. The normalized spacial score (nSPS) is 10.8. The predicted molar refractivity (Wildman–Crippen MR) is 60.5 cm³/mol. The fraction of sp³-hybridized carbons (Fsp3) is 0.500. The van der Waals surface area contributed by atoms with Gasteiger partial charge in [0.05, 0.1) is 12.3 Å². The van der Waals surface area contributed by atoms with Crippen molar-refractivity contribution in [3.8, 4) is 0 Å². The van der Waals surface area contributed by atoms with E-state index in [1.165, 1.54) is 0 Å². The summed E-state index contributed by atoms with van der Waals surface area (Å²) >= 11 is 0. The number of hydrogen-bond acceptors (Lipinski definition) is 2. The van der Waals surface area contributed by atoms with Gasteiger partial charge in [-0.2, -0.15) is 0 Å². The van der Waals surface area contributed by atoms with Crippen molar-refractivity contribution in [2.75, 3.05) is 25.1 Å². The molecule has 0 unspecified atom stereocenters. The van der Waals surface area contributed by atoms with Crippen molar-refractivity contribution in [2.45, 2.75) is 13.8 Å². The Bertz CT molecular complexity index is 329. The zero-order chi connectivity index (χ0) is 12.0. The highest BCUT2D eigenvalue weighted by Crippen LogP contribution is 2.14.